The van der Waals surface area contributed by atoms with Gasteiger partial charge in [0.15, 0.2) is 0 Å². The van der Waals surface area contributed by atoms with E-state index in [1.807, 2.05) is 0 Å². The maximum atomic E-state index is 11.1. The van der Waals surface area contributed by atoms with E-state index in [4.69, 9.17) is 5.11 Å². The Kier molecular flexibility index (Phi) is 2.44. The summed E-state index contributed by atoms with van der Waals surface area (Å²) in [5.74, 6) is -0.646. The van der Waals surface area contributed by atoms with Crippen LogP contribution in [0, 0.1) is 5.92 Å². The SMILES string of the molecule is O=CN(C1CC1)C(C(=O)O)C1CCC1. The van der Waals surface area contributed by atoms with E-state index in [0.717, 1.165) is 38.5 Å². The third-order valence-electron chi connectivity index (χ3n) is 3.26. The van der Waals surface area contributed by atoms with Crippen molar-refractivity contribution in [3.63, 3.8) is 0 Å². The number of rotatable bonds is 5. The summed E-state index contributed by atoms with van der Waals surface area (Å²) in [5.41, 5.74) is 0. The Morgan fingerprint density at radius 3 is 2.29 bits per heavy atom. The molecule has 0 bridgehead atoms. The lowest BCUT2D eigenvalue weighted by Crippen LogP contribution is -2.48. The van der Waals surface area contributed by atoms with E-state index in [-0.39, 0.29) is 12.0 Å². The smallest absolute Gasteiger partial charge is 0.326 e. The van der Waals surface area contributed by atoms with Crippen LogP contribution in [0.15, 0.2) is 0 Å². The molecule has 0 spiro atoms. The highest BCUT2D eigenvalue weighted by Crippen LogP contribution is 2.36. The molecular weight excluding hydrogens is 182 g/mol. The molecule has 78 valence electrons. The van der Waals surface area contributed by atoms with Gasteiger partial charge in [-0.2, -0.15) is 0 Å². The Bertz CT molecular complexity index is 246. The van der Waals surface area contributed by atoms with Crippen LogP contribution >= 0.6 is 0 Å². The van der Waals surface area contributed by atoms with Crippen LogP contribution in [0.2, 0.25) is 0 Å². The second-order valence-corrected chi connectivity index (χ2v) is 4.26. The van der Waals surface area contributed by atoms with Gasteiger partial charge in [-0.3, -0.25) is 4.79 Å². The van der Waals surface area contributed by atoms with Crippen LogP contribution in [0.5, 0.6) is 0 Å². The van der Waals surface area contributed by atoms with E-state index in [2.05, 4.69) is 0 Å². The van der Waals surface area contributed by atoms with Gasteiger partial charge in [0.2, 0.25) is 6.41 Å². The summed E-state index contributed by atoms with van der Waals surface area (Å²) in [6.45, 7) is 0. The maximum absolute atomic E-state index is 11.1. The van der Waals surface area contributed by atoms with E-state index >= 15 is 0 Å². The molecule has 14 heavy (non-hydrogen) atoms. The van der Waals surface area contributed by atoms with Crippen molar-refractivity contribution in [1.82, 2.24) is 4.90 Å². The Morgan fingerprint density at radius 1 is 1.36 bits per heavy atom. The van der Waals surface area contributed by atoms with Gasteiger partial charge in [-0.1, -0.05) is 6.42 Å². The molecule has 0 aromatic rings. The first-order valence-corrected chi connectivity index (χ1v) is 5.19. The molecule has 2 aliphatic carbocycles. The normalized spacial score (nSPS) is 23.7. The lowest BCUT2D eigenvalue weighted by atomic mass is 9.79. The predicted octanol–water partition coefficient (Wildman–Crippen LogP) is 0.860. The van der Waals surface area contributed by atoms with Crippen molar-refractivity contribution in [2.75, 3.05) is 0 Å². The molecule has 4 nitrogen and oxygen atoms in total. The average Bonchev–Trinajstić information content (AvgIpc) is 2.84. The highest BCUT2D eigenvalue weighted by Gasteiger charge is 2.42. The largest absolute Gasteiger partial charge is 0.480 e. The van der Waals surface area contributed by atoms with Crippen LogP contribution in [0.3, 0.4) is 0 Å². The molecule has 1 N–H and O–H groups in total. The molecule has 2 fully saturated rings. The van der Waals surface area contributed by atoms with Crippen LogP contribution in [0.4, 0.5) is 0 Å². The van der Waals surface area contributed by atoms with Crippen molar-refractivity contribution in [2.45, 2.75) is 44.2 Å². The zero-order valence-corrected chi connectivity index (χ0v) is 8.06. The highest BCUT2D eigenvalue weighted by molar-refractivity contribution is 5.77. The van der Waals surface area contributed by atoms with Gasteiger partial charge in [-0.05, 0) is 31.6 Å². The van der Waals surface area contributed by atoms with Crippen molar-refractivity contribution in [3.05, 3.63) is 0 Å². The molecule has 2 rings (SSSR count). The standard InChI is InChI=1S/C10H15NO3/c12-6-11(8-4-5-8)9(10(13)14)7-2-1-3-7/h6-9H,1-5H2,(H,13,14). The monoisotopic (exact) mass is 197 g/mol. The summed E-state index contributed by atoms with van der Waals surface area (Å²) >= 11 is 0. The van der Waals surface area contributed by atoms with Crippen molar-refractivity contribution in [2.24, 2.45) is 5.92 Å². The van der Waals surface area contributed by atoms with Crippen LogP contribution in [-0.2, 0) is 9.59 Å². The van der Waals surface area contributed by atoms with Gasteiger partial charge in [0, 0.05) is 6.04 Å². The van der Waals surface area contributed by atoms with Crippen LogP contribution < -0.4 is 0 Å². The van der Waals surface area contributed by atoms with E-state index in [1.165, 1.54) is 4.90 Å². The molecule has 0 radical (unpaired) electrons. The van der Waals surface area contributed by atoms with Crippen LogP contribution in [-0.4, -0.2) is 34.5 Å². The molecule has 0 aromatic heterocycles. The number of hydrogen-bond acceptors (Lipinski definition) is 2. The van der Waals surface area contributed by atoms with Gasteiger partial charge in [0.1, 0.15) is 6.04 Å². The summed E-state index contributed by atoms with van der Waals surface area (Å²) in [6.07, 6.45) is 5.66. The molecule has 0 aromatic carbocycles. The summed E-state index contributed by atoms with van der Waals surface area (Å²) in [6, 6.07) is -0.358. The van der Waals surface area contributed by atoms with Crippen molar-refractivity contribution in [1.29, 1.82) is 0 Å². The second-order valence-electron chi connectivity index (χ2n) is 4.26. The molecule has 0 saturated heterocycles. The zero-order valence-electron chi connectivity index (χ0n) is 8.06. The molecule has 2 saturated carbocycles. The molecular formula is C10H15NO3. The minimum absolute atomic E-state index is 0.193. The second kappa shape index (κ2) is 3.59. The minimum atomic E-state index is -0.839. The van der Waals surface area contributed by atoms with Gasteiger partial charge < -0.3 is 10.0 Å². The Labute approximate surface area is 82.9 Å². The van der Waals surface area contributed by atoms with Crippen molar-refractivity contribution >= 4 is 12.4 Å². The van der Waals surface area contributed by atoms with Gasteiger partial charge in [-0.25, -0.2) is 4.79 Å². The fourth-order valence-corrected chi connectivity index (χ4v) is 2.08. The zero-order chi connectivity index (χ0) is 10.1. The van der Waals surface area contributed by atoms with Gasteiger partial charge in [0.25, 0.3) is 0 Å². The Morgan fingerprint density at radius 2 is 2.00 bits per heavy atom. The fourth-order valence-electron chi connectivity index (χ4n) is 2.08. The number of carboxylic acids is 1. The number of carboxylic acid groups (broad SMARTS) is 1. The Hall–Kier alpha value is -1.06. The number of nitrogens with zero attached hydrogens (tertiary/aromatic N) is 1. The van der Waals surface area contributed by atoms with Crippen LogP contribution in [0.1, 0.15) is 32.1 Å². The highest BCUT2D eigenvalue weighted by atomic mass is 16.4. The van der Waals surface area contributed by atoms with Crippen molar-refractivity contribution < 1.29 is 14.7 Å². The van der Waals surface area contributed by atoms with Crippen molar-refractivity contribution in [3.8, 4) is 0 Å². The molecule has 2 aliphatic rings. The van der Waals surface area contributed by atoms with E-state index in [1.54, 1.807) is 0 Å². The number of carbonyl (C=O) groups is 2. The third-order valence-corrected chi connectivity index (χ3v) is 3.26. The summed E-state index contributed by atoms with van der Waals surface area (Å²) in [4.78, 5) is 23.4. The summed E-state index contributed by atoms with van der Waals surface area (Å²) in [7, 11) is 0. The lowest BCUT2D eigenvalue weighted by molar-refractivity contribution is -0.150. The number of carbonyl (C=O) groups excluding carboxylic acids is 1. The summed E-state index contributed by atoms with van der Waals surface area (Å²) in [5, 5.41) is 9.09. The van der Waals surface area contributed by atoms with E-state index in [0.29, 0.717) is 0 Å². The minimum Gasteiger partial charge on any atom is -0.480 e. The van der Waals surface area contributed by atoms with Gasteiger partial charge in [-0.15, -0.1) is 0 Å². The number of aliphatic carboxylic acids is 1. The van der Waals surface area contributed by atoms with Gasteiger partial charge >= 0.3 is 5.97 Å². The lowest BCUT2D eigenvalue weighted by Gasteiger charge is -2.36. The molecule has 1 unspecified atom stereocenters. The molecule has 0 heterocycles. The average molecular weight is 197 g/mol. The topological polar surface area (TPSA) is 57.6 Å². The summed E-state index contributed by atoms with van der Waals surface area (Å²) < 4.78 is 0. The fraction of sp³-hybridized carbons (Fsp3) is 0.800. The third kappa shape index (κ3) is 1.61. The first kappa shape index (κ1) is 9.49. The van der Waals surface area contributed by atoms with Gasteiger partial charge in [0.05, 0.1) is 0 Å². The predicted molar refractivity (Wildman–Crippen MR) is 49.7 cm³/mol. The van der Waals surface area contributed by atoms with Crippen LogP contribution in [0.25, 0.3) is 0 Å². The molecule has 1 atom stereocenters. The number of hydrogen-bond donors (Lipinski definition) is 1. The van der Waals surface area contributed by atoms with E-state index in [9.17, 15) is 9.59 Å². The Balaban J connectivity index is 2.06. The maximum Gasteiger partial charge on any atom is 0.326 e. The number of amides is 1. The first-order chi connectivity index (χ1) is 6.74. The first-order valence-electron chi connectivity index (χ1n) is 5.19. The quantitative estimate of drug-likeness (QED) is 0.665. The molecule has 1 amide bonds. The molecule has 4 heteroatoms. The van der Waals surface area contributed by atoms with E-state index < -0.39 is 12.0 Å². The molecule has 0 aliphatic heterocycles.